The summed E-state index contributed by atoms with van der Waals surface area (Å²) in [5, 5.41) is 3.68. The van der Waals surface area contributed by atoms with E-state index in [-0.39, 0.29) is 0 Å². The zero-order valence-electron chi connectivity index (χ0n) is 11.3. The van der Waals surface area contributed by atoms with Gasteiger partial charge in [0.2, 0.25) is 0 Å². The molecule has 0 aromatic carbocycles. The number of hydrogen-bond donors (Lipinski definition) is 1. The van der Waals surface area contributed by atoms with Crippen LogP contribution < -0.4 is 5.32 Å². The number of rotatable bonds is 5. The van der Waals surface area contributed by atoms with Crippen LogP contribution in [0.5, 0.6) is 0 Å². The summed E-state index contributed by atoms with van der Waals surface area (Å²) in [5.74, 6) is 1.99. The van der Waals surface area contributed by atoms with Crippen molar-refractivity contribution in [1.29, 1.82) is 0 Å². The third kappa shape index (κ3) is 3.03. The molecule has 2 nitrogen and oxygen atoms in total. The Balaban J connectivity index is 1.58. The molecule has 3 fully saturated rings. The van der Waals surface area contributed by atoms with Crippen molar-refractivity contribution in [3.8, 4) is 0 Å². The monoisotopic (exact) mass is 236 g/mol. The largest absolute Gasteiger partial charge is 0.313 e. The Kier molecular flexibility index (Phi) is 3.72. The normalized spacial score (nSPS) is 38.1. The van der Waals surface area contributed by atoms with Crippen LogP contribution in [-0.4, -0.2) is 36.6 Å². The Morgan fingerprint density at radius 1 is 1.00 bits per heavy atom. The molecule has 17 heavy (non-hydrogen) atoms. The predicted octanol–water partition coefficient (Wildman–Crippen LogP) is 2.64. The summed E-state index contributed by atoms with van der Waals surface area (Å²) in [7, 11) is 0. The molecular formula is C15H28N2. The zero-order chi connectivity index (χ0) is 11.7. The Labute approximate surface area is 106 Å². The maximum absolute atomic E-state index is 3.68. The summed E-state index contributed by atoms with van der Waals surface area (Å²) < 4.78 is 0. The smallest absolute Gasteiger partial charge is 0.0195 e. The Morgan fingerprint density at radius 2 is 1.88 bits per heavy atom. The summed E-state index contributed by atoms with van der Waals surface area (Å²) in [5.41, 5.74) is 0. The first-order valence-corrected chi connectivity index (χ1v) is 7.80. The molecule has 0 aromatic rings. The van der Waals surface area contributed by atoms with E-state index in [0.29, 0.717) is 0 Å². The van der Waals surface area contributed by atoms with Gasteiger partial charge in [0.15, 0.2) is 0 Å². The van der Waals surface area contributed by atoms with E-state index in [1.54, 1.807) is 0 Å². The standard InChI is InChI=1S/C15H28N2/c1-12-4-2-6-15(12)17(10-13-7-8-13)11-14-5-3-9-16-14/h12-16H,2-11H2,1H3. The highest BCUT2D eigenvalue weighted by Crippen LogP contribution is 2.35. The van der Waals surface area contributed by atoms with Crippen LogP contribution in [0.1, 0.15) is 51.9 Å². The van der Waals surface area contributed by atoms with Crippen LogP contribution in [0.15, 0.2) is 0 Å². The minimum absolute atomic E-state index is 0.793. The first-order valence-electron chi connectivity index (χ1n) is 7.80. The Morgan fingerprint density at radius 3 is 2.47 bits per heavy atom. The van der Waals surface area contributed by atoms with Gasteiger partial charge in [-0.15, -0.1) is 0 Å². The Hall–Kier alpha value is -0.0800. The molecule has 98 valence electrons. The van der Waals surface area contributed by atoms with Crippen molar-refractivity contribution >= 4 is 0 Å². The van der Waals surface area contributed by atoms with Crippen LogP contribution in [0, 0.1) is 11.8 Å². The molecule has 3 aliphatic rings. The van der Waals surface area contributed by atoms with Crippen LogP contribution >= 0.6 is 0 Å². The lowest BCUT2D eigenvalue weighted by Gasteiger charge is -2.34. The molecule has 2 saturated carbocycles. The fourth-order valence-electron chi connectivity index (χ4n) is 3.84. The van der Waals surface area contributed by atoms with Crippen LogP contribution in [0.4, 0.5) is 0 Å². The van der Waals surface area contributed by atoms with Gasteiger partial charge in [-0.2, -0.15) is 0 Å². The fraction of sp³-hybridized carbons (Fsp3) is 1.00. The zero-order valence-corrected chi connectivity index (χ0v) is 11.3. The quantitative estimate of drug-likeness (QED) is 0.789. The minimum Gasteiger partial charge on any atom is -0.313 e. The summed E-state index contributed by atoms with van der Waals surface area (Å²) in [6.45, 7) is 6.44. The van der Waals surface area contributed by atoms with Crippen LogP contribution in [0.2, 0.25) is 0 Å². The van der Waals surface area contributed by atoms with E-state index in [9.17, 15) is 0 Å². The van der Waals surface area contributed by atoms with E-state index < -0.39 is 0 Å². The Bertz CT molecular complexity index is 243. The van der Waals surface area contributed by atoms with Crippen molar-refractivity contribution in [3.63, 3.8) is 0 Å². The lowest BCUT2D eigenvalue weighted by Crippen LogP contribution is -2.45. The molecule has 2 aliphatic carbocycles. The molecule has 0 aromatic heterocycles. The van der Waals surface area contributed by atoms with Crippen molar-refractivity contribution in [2.45, 2.75) is 64.0 Å². The second-order valence-electron chi connectivity index (χ2n) is 6.67. The maximum Gasteiger partial charge on any atom is 0.0195 e. The highest BCUT2D eigenvalue weighted by Gasteiger charge is 2.34. The average Bonchev–Trinajstić information content (AvgIpc) is 2.80. The highest BCUT2D eigenvalue weighted by molar-refractivity contribution is 4.89. The van der Waals surface area contributed by atoms with Gasteiger partial charge in [0.25, 0.3) is 0 Å². The molecule has 3 rings (SSSR count). The average molecular weight is 236 g/mol. The molecule has 1 saturated heterocycles. The lowest BCUT2D eigenvalue weighted by molar-refractivity contribution is 0.146. The van der Waals surface area contributed by atoms with Crippen molar-refractivity contribution in [1.82, 2.24) is 10.2 Å². The van der Waals surface area contributed by atoms with E-state index in [1.807, 2.05) is 0 Å². The van der Waals surface area contributed by atoms with Crippen LogP contribution in [0.25, 0.3) is 0 Å². The van der Waals surface area contributed by atoms with E-state index in [2.05, 4.69) is 17.1 Å². The minimum atomic E-state index is 0.793. The van der Waals surface area contributed by atoms with Gasteiger partial charge in [0.1, 0.15) is 0 Å². The lowest BCUT2D eigenvalue weighted by atomic mass is 10.0. The first kappa shape index (κ1) is 12.0. The van der Waals surface area contributed by atoms with Crippen LogP contribution in [-0.2, 0) is 0 Å². The van der Waals surface area contributed by atoms with Crippen molar-refractivity contribution in [2.24, 2.45) is 11.8 Å². The van der Waals surface area contributed by atoms with E-state index in [1.165, 1.54) is 64.6 Å². The summed E-state index contributed by atoms with van der Waals surface area (Å²) in [4.78, 5) is 2.86. The highest BCUT2D eigenvalue weighted by atomic mass is 15.2. The number of nitrogens with zero attached hydrogens (tertiary/aromatic N) is 1. The van der Waals surface area contributed by atoms with E-state index in [0.717, 1.165) is 23.9 Å². The SMILES string of the molecule is CC1CCCC1N(CC1CC1)CC1CCCN1. The molecule has 2 heteroatoms. The van der Waals surface area contributed by atoms with Crippen LogP contribution in [0.3, 0.4) is 0 Å². The van der Waals surface area contributed by atoms with Gasteiger partial charge in [-0.25, -0.2) is 0 Å². The third-order valence-electron chi connectivity index (χ3n) is 5.09. The van der Waals surface area contributed by atoms with E-state index >= 15 is 0 Å². The second kappa shape index (κ2) is 5.27. The molecular weight excluding hydrogens is 208 g/mol. The molecule has 0 spiro atoms. The van der Waals surface area contributed by atoms with Gasteiger partial charge >= 0.3 is 0 Å². The molecule has 0 radical (unpaired) electrons. The van der Waals surface area contributed by atoms with Crippen molar-refractivity contribution in [2.75, 3.05) is 19.6 Å². The molecule has 3 unspecified atom stereocenters. The summed E-state index contributed by atoms with van der Waals surface area (Å²) >= 11 is 0. The van der Waals surface area contributed by atoms with Gasteiger partial charge < -0.3 is 5.32 Å². The maximum atomic E-state index is 3.68. The molecule has 1 heterocycles. The summed E-state index contributed by atoms with van der Waals surface area (Å²) in [6, 6.07) is 1.69. The molecule has 1 N–H and O–H groups in total. The molecule has 0 bridgehead atoms. The van der Waals surface area contributed by atoms with Gasteiger partial charge in [0, 0.05) is 25.2 Å². The van der Waals surface area contributed by atoms with Gasteiger partial charge in [-0.3, -0.25) is 4.90 Å². The molecule has 3 atom stereocenters. The van der Waals surface area contributed by atoms with Gasteiger partial charge in [-0.05, 0) is 56.9 Å². The summed E-state index contributed by atoms with van der Waals surface area (Å²) in [6.07, 6.45) is 10.2. The van der Waals surface area contributed by atoms with E-state index in [4.69, 9.17) is 0 Å². The van der Waals surface area contributed by atoms with Gasteiger partial charge in [-0.1, -0.05) is 13.3 Å². The topological polar surface area (TPSA) is 15.3 Å². The second-order valence-corrected chi connectivity index (χ2v) is 6.67. The van der Waals surface area contributed by atoms with Crippen molar-refractivity contribution in [3.05, 3.63) is 0 Å². The van der Waals surface area contributed by atoms with Gasteiger partial charge in [0.05, 0.1) is 0 Å². The third-order valence-corrected chi connectivity index (χ3v) is 5.09. The molecule has 1 aliphatic heterocycles. The predicted molar refractivity (Wildman–Crippen MR) is 72.1 cm³/mol. The first-order chi connectivity index (χ1) is 8.33. The molecule has 0 amide bonds. The fourth-order valence-corrected chi connectivity index (χ4v) is 3.84. The number of nitrogens with one attached hydrogen (secondary N) is 1. The van der Waals surface area contributed by atoms with Crippen molar-refractivity contribution < 1.29 is 0 Å². The number of hydrogen-bond acceptors (Lipinski definition) is 2.